The van der Waals surface area contributed by atoms with Gasteiger partial charge in [0.1, 0.15) is 11.9 Å². The number of ether oxygens (including phenoxy) is 1. The third-order valence-corrected chi connectivity index (χ3v) is 2.41. The highest BCUT2D eigenvalue weighted by atomic mass is 19.2. The van der Waals surface area contributed by atoms with Crippen molar-refractivity contribution in [2.75, 3.05) is 7.11 Å². The van der Waals surface area contributed by atoms with E-state index >= 15 is 0 Å². The Labute approximate surface area is 107 Å². The van der Waals surface area contributed by atoms with Gasteiger partial charge in [-0.1, -0.05) is 0 Å². The molecule has 0 aliphatic carbocycles. The molecule has 104 valence electrons. The van der Waals surface area contributed by atoms with Gasteiger partial charge < -0.3 is 10.1 Å². The van der Waals surface area contributed by atoms with E-state index < -0.39 is 47.4 Å². The van der Waals surface area contributed by atoms with Crippen LogP contribution in [0.2, 0.25) is 0 Å². The number of hydrogen-bond donors (Lipinski definition) is 1. The van der Waals surface area contributed by atoms with Gasteiger partial charge >= 0.3 is 5.97 Å². The van der Waals surface area contributed by atoms with Crippen LogP contribution in [0.4, 0.5) is 13.2 Å². The standard InChI is InChI=1S/C12H12F3NO3/c1-6(17)16-10(12(18)19-2)5-7-8(13)3-4-9(14)11(7)15/h3-4,10H,5H2,1-2H3,(H,16,17)/t10-/m0/s1. The molecule has 0 saturated heterocycles. The predicted molar refractivity (Wildman–Crippen MR) is 59.6 cm³/mol. The molecule has 1 amide bonds. The van der Waals surface area contributed by atoms with E-state index in [-0.39, 0.29) is 0 Å². The van der Waals surface area contributed by atoms with Crippen molar-refractivity contribution in [3.05, 3.63) is 35.1 Å². The second kappa shape index (κ2) is 6.21. The van der Waals surface area contributed by atoms with Crippen LogP contribution in [-0.4, -0.2) is 25.0 Å². The number of amides is 1. The molecule has 0 saturated carbocycles. The predicted octanol–water partition coefficient (Wildman–Crippen LogP) is 1.32. The average Bonchev–Trinajstić information content (AvgIpc) is 2.36. The van der Waals surface area contributed by atoms with Crippen LogP contribution in [0.5, 0.6) is 0 Å². The van der Waals surface area contributed by atoms with Crippen molar-refractivity contribution in [2.24, 2.45) is 0 Å². The second-order valence-corrected chi connectivity index (χ2v) is 3.80. The van der Waals surface area contributed by atoms with Gasteiger partial charge in [0.15, 0.2) is 11.6 Å². The molecule has 0 aliphatic heterocycles. The lowest BCUT2D eigenvalue weighted by Gasteiger charge is -2.16. The van der Waals surface area contributed by atoms with E-state index in [2.05, 4.69) is 10.1 Å². The highest BCUT2D eigenvalue weighted by Crippen LogP contribution is 2.18. The number of nitrogens with one attached hydrogen (secondary N) is 1. The molecule has 1 aromatic rings. The van der Waals surface area contributed by atoms with Crippen molar-refractivity contribution in [1.82, 2.24) is 5.32 Å². The van der Waals surface area contributed by atoms with Gasteiger partial charge in [0, 0.05) is 18.9 Å². The minimum Gasteiger partial charge on any atom is -0.467 e. The fourth-order valence-electron chi connectivity index (χ4n) is 1.54. The quantitative estimate of drug-likeness (QED) is 0.666. The summed E-state index contributed by atoms with van der Waals surface area (Å²) in [5.41, 5.74) is -0.621. The molecule has 0 bridgehead atoms. The van der Waals surface area contributed by atoms with Gasteiger partial charge in [0.05, 0.1) is 7.11 Å². The zero-order chi connectivity index (χ0) is 14.6. The maximum absolute atomic E-state index is 13.4. The van der Waals surface area contributed by atoms with Gasteiger partial charge in [0.25, 0.3) is 0 Å². The van der Waals surface area contributed by atoms with E-state index in [0.717, 1.165) is 20.1 Å². The molecule has 0 unspecified atom stereocenters. The topological polar surface area (TPSA) is 55.4 Å². The summed E-state index contributed by atoms with van der Waals surface area (Å²) >= 11 is 0. The highest BCUT2D eigenvalue weighted by molar-refractivity contribution is 5.83. The van der Waals surface area contributed by atoms with Gasteiger partial charge in [-0.05, 0) is 12.1 Å². The maximum atomic E-state index is 13.4. The molecular weight excluding hydrogens is 263 g/mol. The average molecular weight is 275 g/mol. The van der Waals surface area contributed by atoms with E-state index in [1.807, 2.05) is 0 Å². The number of carbonyl (C=O) groups excluding carboxylic acids is 2. The number of halogens is 3. The minimum atomic E-state index is -1.39. The lowest BCUT2D eigenvalue weighted by atomic mass is 10.0. The lowest BCUT2D eigenvalue weighted by molar-refractivity contribution is -0.144. The van der Waals surface area contributed by atoms with Gasteiger partial charge in [-0.15, -0.1) is 0 Å². The zero-order valence-electron chi connectivity index (χ0n) is 10.3. The second-order valence-electron chi connectivity index (χ2n) is 3.80. The van der Waals surface area contributed by atoms with Crippen LogP contribution in [0.3, 0.4) is 0 Å². The lowest BCUT2D eigenvalue weighted by Crippen LogP contribution is -2.42. The van der Waals surface area contributed by atoms with E-state index in [4.69, 9.17) is 0 Å². The van der Waals surface area contributed by atoms with Gasteiger partial charge in [-0.25, -0.2) is 18.0 Å². The number of esters is 1. The Hall–Kier alpha value is -2.05. The van der Waals surface area contributed by atoms with Gasteiger partial charge in [0.2, 0.25) is 5.91 Å². The molecule has 0 heterocycles. The third kappa shape index (κ3) is 3.70. The van der Waals surface area contributed by atoms with Crippen LogP contribution < -0.4 is 5.32 Å². The van der Waals surface area contributed by atoms with Crippen LogP contribution in [0.25, 0.3) is 0 Å². The normalized spacial score (nSPS) is 11.8. The summed E-state index contributed by atoms with van der Waals surface area (Å²) in [4.78, 5) is 22.3. The molecule has 0 fully saturated rings. The van der Waals surface area contributed by atoms with Crippen molar-refractivity contribution in [3.63, 3.8) is 0 Å². The maximum Gasteiger partial charge on any atom is 0.328 e. The molecule has 1 rings (SSSR count). The first-order chi connectivity index (χ1) is 8.86. The van der Waals surface area contributed by atoms with E-state index in [1.54, 1.807) is 0 Å². The Bertz CT molecular complexity index is 505. The Balaban J connectivity index is 3.05. The summed E-state index contributed by atoms with van der Waals surface area (Å²) in [6, 6.07) is 0.101. The molecule has 0 radical (unpaired) electrons. The molecule has 0 aromatic heterocycles. The molecule has 4 nitrogen and oxygen atoms in total. The van der Waals surface area contributed by atoms with Crippen molar-refractivity contribution in [1.29, 1.82) is 0 Å². The van der Waals surface area contributed by atoms with Gasteiger partial charge in [-0.2, -0.15) is 0 Å². The van der Waals surface area contributed by atoms with Crippen molar-refractivity contribution >= 4 is 11.9 Å². The summed E-state index contributed by atoms with van der Waals surface area (Å²) in [5, 5.41) is 2.18. The van der Waals surface area contributed by atoms with Crippen LogP contribution in [0, 0.1) is 17.5 Å². The summed E-state index contributed by atoms with van der Waals surface area (Å²) in [6.45, 7) is 1.13. The molecule has 0 aliphatic rings. The number of benzene rings is 1. The fraction of sp³-hybridized carbons (Fsp3) is 0.333. The fourth-order valence-corrected chi connectivity index (χ4v) is 1.54. The third-order valence-electron chi connectivity index (χ3n) is 2.41. The molecule has 19 heavy (non-hydrogen) atoms. The van der Waals surface area contributed by atoms with Crippen LogP contribution in [0.1, 0.15) is 12.5 Å². The number of methoxy groups -OCH3 is 1. The number of hydrogen-bond acceptors (Lipinski definition) is 3. The minimum absolute atomic E-state index is 0.540. The highest BCUT2D eigenvalue weighted by Gasteiger charge is 2.25. The first kappa shape index (κ1) is 15.0. The Morgan fingerprint density at radius 3 is 2.37 bits per heavy atom. The van der Waals surface area contributed by atoms with E-state index in [0.29, 0.717) is 6.07 Å². The van der Waals surface area contributed by atoms with E-state index in [9.17, 15) is 22.8 Å². The van der Waals surface area contributed by atoms with Crippen LogP contribution in [-0.2, 0) is 20.7 Å². The molecule has 1 aromatic carbocycles. The molecule has 1 atom stereocenters. The monoisotopic (exact) mass is 275 g/mol. The number of carbonyl (C=O) groups is 2. The first-order valence-electron chi connectivity index (χ1n) is 5.34. The van der Waals surface area contributed by atoms with Crippen molar-refractivity contribution < 1.29 is 27.5 Å². The molecule has 1 N–H and O–H groups in total. The van der Waals surface area contributed by atoms with Crippen LogP contribution in [0.15, 0.2) is 12.1 Å². The summed E-state index contributed by atoms with van der Waals surface area (Å²) in [7, 11) is 1.06. The zero-order valence-corrected chi connectivity index (χ0v) is 10.3. The smallest absolute Gasteiger partial charge is 0.328 e. The SMILES string of the molecule is COC(=O)[C@H](Cc1c(F)ccc(F)c1F)NC(C)=O. The van der Waals surface area contributed by atoms with E-state index in [1.165, 1.54) is 0 Å². The summed E-state index contributed by atoms with van der Waals surface area (Å²) < 4.78 is 44.3. The molecule has 7 heteroatoms. The summed E-state index contributed by atoms with van der Waals surface area (Å²) in [6.07, 6.45) is -0.540. The van der Waals surface area contributed by atoms with Crippen molar-refractivity contribution in [3.8, 4) is 0 Å². The Kier molecular flexibility index (Phi) is 4.91. The molecule has 0 spiro atoms. The molecular formula is C12H12F3NO3. The van der Waals surface area contributed by atoms with Crippen molar-refractivity contribution in [2.45, 2.75) is 19.4 Å². The summed E-state index contributed by atoms with van der Waals surface area (Å²) in [5.74, 6) is -5.08. The Morgan fingerprint density at radius 1 is 1.26 bits per heavy atom. The largest absolute Gasteiger partial charge is 0.467 e. The van der Waals surface area contributed by atoms with Gasteiger partial charge in [-0.3, -0.25) is 4.79 Å². The number of rotatable bonds is 4. The first-order valence-corrected chi connectivity index (χ1v) is 5.34. The van der Waals surface area contributed by atoms with Crippen LogP contribution >= 0.6 is 0 Å². The Morgan fingerprint density at radius 2 is 1.84 bits per heavy atom.